The lowest BCUT2D eigenvalue weighted by molar-refractivity contribution is -0.165. The van der Waals surface area contributed by atoms with Crippen LogP contribution in [0, 0.1) is 33.5 Å². The number of carbonyl (C=O) groups is 2. The maximum atomic E-state index is 12.6. The zero-order valence-corrected chi connectivity index (χ0v) is 14.8. The molecule has 1 unspecified atom stereocenters. The predicted molar refractivity (Wildman–Crippen MR) is 86.2 cm³/mol. The van der Waals surface area contributed by atoms with Gasteiger partial charge in [-0.15, -0.1) is 0 Å². The molecule has 0 radical (unpaired) electrons. The van der Waals surface area contributed by atoms with Crippen LogP contribution in [-0.4, -0.2) is 25.2 Å². The second kappa shape index (κ2) is 6.62. The molecule has 1 aromatic carbocycles. The van der Waals surface area contributed by atoms with E-state index in [1.165, 1.54) is 0 Å². The van der Waals surface area contributed by atoms with E-state index in [1.54, 1.807) is 38.1 Å². The quantitative estimate of drug-likeness (QED) is 0.565. The average molecular weight is 391 g/mol. The van der Waals surface area contributed by atoms with Crippen molar-refractivity contribution in [3.63, 3.8) is 0 Å². The van der Waals surface area contributed by atoms with Gasteiger partial charge in [-0.3, -0.25) is 9.59 Å². The van der Waals surface area contributed by atoms with Crippen LogP contribution in [0.5, 0.6) is 0 Å². The number of rotatable bonds is 5. The Bertz CT molecular complexity index is 713. The highest BCUT2D eigenvalue weighted by molar-refractivity contribution is 9.10. The SMILES string of the molecule is CCOC(=O)C1(C(=O)OCC)C(c2ccc(Br)cc2)C1(C#N)C#N. The Morgan fingerprint density at radius 1 is 1.08 bits per heavy atom. The molecular weight excluding hydrogens is 376 g/mol. The predicted octanol–water partition coefficient (Wildman–Crippen LogP) is 2.69. The molecule has 0 amide bonds. The molecular formula is C17H15BrN2O4. The maximum absolute atomic E-state index is 12.6. The number of nitriles is 2. The average Bonchev–Trinajstić information content (AvgIpc) is 3.21. The van der Waals surface area contributed by atoms with E-state index in [2.05, 4.69) is 15.9 Å². The topological polar surface area (TPSA) is 100 Å². The van der Waals surface area contributed by atoms with Crippen LogP contribution in [0.2, 0.25) is 0 Å². The van der Waals surface area contributed by atoms with Crippen molar-refractivity contribution in [1.29, 1.82) is 10.5 Å². The highest BCUT2D eigenvalue weighted by Gasteiger charge is 2.89. The van der Waals surface area contributed by atoms with Crippen molar-refractivity contribution in [2.75, 3.05) is 13.2 Å². The number of benzene rings is 1. The van der Waals surface area contributed by atoms with Crippen LogP contribution >= 0.6 is 15.9 Å². The van der Waals surface area contributed by atoms with Gasteiger partial charge in [0.15, 0.2) is 5.41 Å². The Morgan fingerprint density at radius 3 is 1.92 bits per heavy atom. The molecule has 6 nitrogen and oxygen atoms in total. The van der Waals surface area contributed by atoms with E-state index >= 15 is 0 Å². The second-order valence-electron chi connectivity index (χ2n) is 5.27. The molecule has 1 atom stereocenters. The summed E-state index contributed by atoms with van der Waals surface area (Å²) < 4.78 is 10.8. The second-order valence-corrected chi connectivity index (χ2v) is 6.18. The maximum Gasteiger partial charge on any atom is 0.327 e. The van der Waals surface area contributed by atoms with Gasteiger partial charge in [0.25, 0.3) is 0 Å². The van der Waals surface area contributed by atoms with Crippen molar-refractivity contribution in [3.05, 3.63) is 34.3 Å². The molecule has 1 aliphatic rings. The first-order valence-electron chi connectivity index (χ1n) is 7.38. The number of hydrogen-bond donors (Lipinski definition) is 0. The third kappa shape index (κ3) is 2.28. The van der Waals surface area contributed by atoms with Crippen LogP contribution in [0.4, 0.5) is 0 Å². The van der Waals surface area contributed by atoms with Crippen molar-refractivity contribution < 1.29 is 19.1 Å². The summed E-state index contributed by atoms with van der Waals surface area (Å²) in [5.41, 5.74) is -3.28. The molecule has 0 aliphatic heterocycles. The summed E-state index contributed by atoms with van der Waals surface area (Å²) in [5.74, 6) is -2.75. The van der Waals surface area contributed by atoms with Gasteiger partial charge in [0.05, 0.1) is 25.4 Å². The summed E-state index contributed by atoms with van der Waals surface area (Å²) in [6, 6.07) is 10.5. The number of nitrogens with zero attached hydrogens (tertiary/aromatic N) is 2. The summed E-state index contributed by atoms with van der Waals surface area (Å²) in [5, 5.41) is 19.2. The Balaban J connectivity index is 2.64. The summed E-state index contributed by atoms with van der Waals surface area (Å²) >= 11 is 3.30. The number of carbonyl (C=O) groups excluding carboxylic acids is 2. The van der Waals surface area contributed by atoms with Crippen LogP contribution in [0.25, 0.3) is 0 Å². The number of hydrogen-bond acceptors (Lipinski definition) is 6. The van der Waals surface area contributed by atoms with Crippen molar-refractivity contribution in [3.8, 4) is 12.1 Å². The normalized spacial score (nSPS) is 19.5. The fraction of sp³-hybridized carbons (Fsp3) is 0.412. The van der Waals surface area contributed by atoms with E-state index in [9.17, 15) is 20.1 Å². The molecule has 2 rings (SSSR count). The van der Waals surface area contributed by atoms with Crippen molar-refractivity contribution >= 4 is 27.9 Å². The molecule has 0 aromatic heterocycles. The smallest absolute Gasteiger partial charge is 0.327 e. The van der Waals surface area contributed by atoms with Crippen LogP contribution in [0.1, 0.15) is 25.3 Å². The van der Waals surface area contributed by atoms with Crippen LogP contribution in [0.15, 0.2) is 28.7 Å². The third-order valence-electron chi connectivity index (χ3n) is 4.16. The van der Waals surface area contributed by atoms with Crippen molar-refractivity contribution in [1.82, 2.24) is 0 Å². The molecule has 1 aromatic rings. The molecule has 1 saturated carbocycles. The minimum Gasteiger partial charge on any atom is -0.465 e. The minimum absolute atomic E-state index is 0.0278. The van der Waals surface area contributed by atoms with Crippen molar-refractivity contribution in [2.24, 2.45) is 10.8 Å². The van der Waals surface area contributed by atoms with Gasteiger partial charge in [0.2, 0.25) is 5.41 Å². The first kappa shape index (κ1) is 18.0. The van der Waals surface area contributed by atoms with Gasteiger partial charge in [-0.1, -0.05) is 28.1 Å². The van der Waals surface area contributed by atoms with Gasteiger partial charge in [0, 0.05) is 10.4 Å². The molecule has 0 saturated heterocycles. The molecule has 124 valence electrons. The monoisotopic (exact) mass is 390 g/mol. The van der Waals surface area contributed by atoms with Gasteiger partial charge < -0.3 is 9.47 Å². The number of halogens is 1. The first-order chi connectivity index (χ1) is 11.5. The van der Waals surface area contributed by atoms with Gasteiger partial charge in [-0.05, 0) is 31.5 Å². The van der Waals surface area contributed by atoms with Gasteiger partial charge in [0.1, 0.15) is 0 Å². The Morgan fingerprint density at radius 2 is 1.54 bits per heavy atom. The van der Waals surface area contributed by atoms with Crippen molar-refractivity contribution in [2.45, 2.75) is 19.8 Å². The van der Waals surface area contributed by atoms with Crippen LogP contribution < -0.4 is 0 Å². The summed E-state index contributed by atoms with van der Waals surface area (Å²) in [6.45, 7) is 3.24. The molecule has 1 aliphatic carbocycles. The Hall–Kier alpha value is -2.38. The molecule has 1 fully saturated rings. The fourth-order valence-corrected chi connectivity index (χ4v) is 3.36. The molecule has 0 heterocycles. The lowest BCUT2D eigenvalue weighted by Crippen LogP contribution is -2.35. The van der Waals surface area contributed by atoms with E-state index in [-0.39, 0.29) is 13.2 Å². The van der Waals surface area contributed by atoms with E-state index < -0.39 is 28.7 Å². The summed E-state index contributed by atoms with van der Waals surface area (Å²) in [4.78, 5) is 25.2. The largest absolute Gasteiger partial charge is 0.465 e. The molecule has 0 N–H and O–H groups in total. The highest BCUT2D eigenvalue weighted by Crippen LogP contribution is 2.75. The molecule has 24 heavy (non-hydrogen) atoms. The van der Waals surface area contributed by atoms with E-state index in [1.807, 2.05) is 12.1 Å². The van der Waals surface area contributed by atoms with E-state index in [4.69, 9.17) is 9.47 Å². The molecule has 0 spiro atoms. The highest BCUT2D eigenvalue weighted by atomic mass is 79.9. The summed E-state index contributed by atoms with van der Waals surface area (Å²) in [7, 11) is 0. The van der Waals surface area contributed by atoms with E-state index in [0.717, 1.165) is 4.47 Å². The number of ether oxygens (including phenoxy) is 2. The Kier molecular flexibility index (Phi) is 4.96. The minimum atomic E-state index is -1.96. The lowest BCUT2D eigenvalue weighted by Gasteiger charge is -2.15. The zero-order chi connectivity index (χ0) is 18.0. The number of esters is 2. The fourth-order valence-electron chi connectivity index (χ4n) is 3.09. The van der Waals surface area contributed by atoms with Gasteiger partial charge in [-0.25, -0.2) is 0 Å². The summed E-state index contributed by atoms with van der Waals surface area (Å²) in [6.07, 6.45) is 0. The van der Waals surface area contributed by atoms with Crippen LogP contribution in [-0.2, 0) is 19.1 Å². The third-order valence-corrected chi connectivity index (χ3v) is 4.68. The zero-order valence-electron chi connectivity index (χ0n) is 13.2. The van der Waals surface area contributed by atoms with E-state index in [0.29, 0.717) is 5.56 Å². The lowest BCUT2D eigenvalue weighted by atomic mass is 9.95. The van der Waals surface area contributed by atoms with Crippen LogP contribution in [0.3, 0.4) is 0 Å². The first-order valence-corrected chi connectivity index (χ1v) is 8.17. The van der Waals surface area contributed by atoms with Gasteiger partial charge in [-0.2, -0.15) is 10.5 Å². The van der Waals surface area contributed by atoms with Gasteiger partial charge >= 0.3 is 11.9 Å². The Labute approximate surface area is 148 Å². The molecule has 0 bridgehead atoms. The standard InChI is InChI=1S/C17H15BrN2O4/c1-3-23-14(21)17(15(22)24-4-2)13(16(17,9-19)10-20)11-5-7-12(18)8-6-11/h5-8,13H,3-4H2,1-2H3. The molecule has 7 heteroatoms.